The molecule has 2 aliphatic carbocycles. The van der Waals surface area contributed by atoms with E-state index in [1.165, 1.54) is 25.7 Å². The third-order valence-electron chi connectivity index (χ3n) is 6.95. The van der Waals surface area contributed by atoms with Crippen LogP contribution in [-0.2, 0) is 19.0 Å². The van der Waals surface area contributed by atoms with Gasteiger partial charge in [-0.15, -0.1) is 0 Å². The summed E-state index contributed by atoms with van der Waals surface area (Å²) < 4.78 is 17.6. The van der Waals surface area contributed by atoms with E-state index in [2.05, 4.69) is 4.90 Å². The number of aliphatic carboxylic acids is 1. The molecule has 2 saturated carbocycles. The van der Waals surface area contributed by atoms with Crippen molar-refractivity contribution in [3.63, 3.8) is 0 Å². The van der Waals surface area contributed by atoms with Crippen LogP contribution >= 0.6 is 0 Å². The van der Waals surface area contributed by atoms with Gasteiger partial charge in [0.15, 0.2) is 0 Å². The molecule has 6 nitrogen and oxygen atoms in total. The van der Waals surface area contributed by atoms with Crippen LogP contribution in [0.3, 0.4) is 0 Å². The fraction of sp³-hybridized carbons (Fsp3) is 0.955. The Bertz CT molecular complexity index is 498. The molecule has 3 fully saturated rings. The van der Waals surface area contributed by atoms with E-state index in [1.807, 2.05) is 6.92 Å². The van der Waals surface area contributed by atoms with E-state index in [1.54, 1.807) is 6.92 Å². The Kier molecular flexibility index (Phi) is 10.9. The van der Waals surface area contributed by atoms with Gasteiger partial charge in [0.25, 0.3) is 0 Å². The number of morpholine rings is 1. The summed E-state index contributed by atoms with van der Waals surface area (Å²) in [5.41, 5.74) is -1.17. The molecular weight excluding hydrogens is 381 g/mol. The van der Waals surface area contributed by atoms with Crippen molar-refractivity contribution in [2.75, 3.05) is 32.9 Å². The number of hydrogen-bond acceptors (Lipinski definition) is 6. The van der Waals surface area contributed by atoms with Crippen LogP contribution in [0.1, 0.15) is 71.6 Å². The maximum absolute atomic E-state index is 11.5. The van der Waals surface area contributed by atoms with Crippen molar-refractivity contribution < 1.29 is 53.7 Å². The van der Waals surface area contributed by atoms with Crippen LogP contribution < -0.4 is 34.7 Å². The van der Waals surface area contributed by atoms with Gasteiger partial charge in [-0.05, 0) is 64.7 Å². The van der Waals surface area contributed by atoms with Crippen LogP contribution in [0.25, 0.3) is 0 Å². The van der Waals surface area contributed by atoms with Crippen molar-refractivity contribution in [2.45, 2.75) is 95.5 Å². The molecule has 1 aliphatic heterocycles. The van der Waals surface area contributed by atoms with E-state index in [0.29, 0.717) is 37.2 Å². The molecular formula is C22H38NNaO5. The minimum absolute atomic E-state index is 0. The summed E-state index contributed by atoms with van der Waals surface area (Å²) in [4.78, 5) is 14.0. The molecule has 1 heterocycles. The zero-order valence-electron chi connectivity index (χ0n) is 18.7. The van der Waals surface area contributed by atoms with E-state index < -0.39 is 11.6 Å². The topological polar surface area (TPSA) is 71.1 Å². The van der Waals surface area contributed by atoms with Gasteiger partial charge in [0, 0.05) is 25.7 Å². The van der Waals surface area contributed by atoms with E-state index in [0.717, 1.165) is 52.0 Å². The number of carbonyl (C=O) groups is 1. The van der Waals surface area contributed by atoms with Crippen molar-refractivity contribution in [3.05, 3.63) is 0 Å². The summed E-state index contributed by atoms with van der Waals surface area (Å²) in [6.07, 6.45) is 10.4. The first kappa shape index (κ1) is 25.6. The SMILES string of the molecule is CCOC(C)(CC1CCC(OCCN2CCOC3CCCCC32)CC1)C(=O)[O-].[Na+]. The van der Waals surface area contributed by atoms with E-state index >= 15 is 0 Å². The van der Waals surface area contributed by atoms with Gasteiger partial charge >= 0.3 is 29.6 Å². The Balaban J connectivity index is 0.00000300. The fourth-order valence-corrected chi connectivity index (χ4v) is 5.36. The number of nitrogens with zero attached hydrogens (tertiary/aromatic N) is 1. The number of carbonyl (C=O) groups excluding carboxylic acids is 1. The van der Waals surface area contributed by atoms with Gasteiger partial charge in [0.2, 0.25) is 0 Å². The molecule has 3 aliphatic rings. The zero-order chi connectivity index (χ0) is 20.0. The molecule has 3 atom stereocenters. The molecule has 7 heteroatoms. The third kappa shape index (κ3) is 7.16. The molecule has 0 bridgehead atoms. The maximum atomic E-state index is 11.5. The van der Waals surface area contributed by atoms with Crippen LogP contribution in [0.4, 0.5) is 0 Å². The zero-order valence-corrected chi connectivity index (χ0v) is 20.7. The smallest absolute Gasteiger partial charge is 0.547 e. The van der Waals surface area contributed by atoms with Crippen LogP contribution in [-0.4, -0.2) is 67.6 Å². The minimum Gasteiger partial charge on any atom is -0.547 e. The van der Waals surface area contributed by atoms with Gasteiger partial charge in [0.1, 0.15) is 5.60 Å². The quantitative estimate of drug-likeness (QED) is 0.453. The molecule has 3 rings (SSSR count). The molecule has 0 radical (unpaired) electrons. The summed E-state index contributed by atoms with van der Waals surface area (Å²) in [7, 11) is 0. The number of fused-ring (bicyclic) bond motifs is 1. The predicted molar refractivity (Wildman–Crippen MR) is 105 cm³/mol. The second kappa shape index (κ2) is 12.4. The normalized spacial score (nSPS) is 32.6. The second-order valence-electron chi connectivity index (χ2n) is 8.97. The van der Waals surface area contributed by atoms with Crippen molar-refractivity contribution in [1.82, 2.24) is 4.90 Å². The number of carboxylic acid groups (broad SMARTS) is 1. The Morgan fingerprint density at radius 2 is 1.90 bits per heavy atom. The molecule has 0 aromatic rings. The fourth-order valence-electron chi connectivity index (χ4n) is 5.36. The van der Waals surface area contributed by atoms with Gasteiger partial charge in [-0.1, -0.05) is 12.8 Å². The number of carboxylic acids is 1. The standard InChI is InChI=1S/C22H39NO5.Na/c1-3-28-22(2,21(24)25)16-17-8-10-18(11-9-17)26-14-12-23-13-15-27-20-7-5-4-6-19(20)23;/h17-20H,3-16H2,1-2H3,(H,24,25);/q;+1/p-1. The summed E-state index contributed by atoms with van der Waals surface area (Å²) in [5.74, 6) is -0.726. The van der Waals surface area contributed by atoms with E-state index in [9.17, 15) is 9.90 Å². The molecule has 1 saturated heterocycles. The third-order valence-corrected chi connectivity index (χ3v) is 6.95. The first-order valence-corrected chi connectivity index (χ1v) is 11.3. The Hall–Kier alpha value is 0.310. The van der Waals surface area contributed by atoms with Crippen LogP contribution in [0.15, 0.2) is 0 Å². The van der Waals surface area contributed by atoms with Crippen molar-refractivity contribution in [1.29, 1.82) is 0 Å². The Labute approximate surface area is 198 Å². The molecule has 0 aromatic carbocycles. The van der Waals surface area contributed by atoms with Gasteiger partial charge in [-0.25, -0.2) is 0 Å². The average Bonchev–Trinajstić information content (AvgIpc) is 2.69. The predicted octanol–water partition coefficient (Wildman–Crippen LogP) is -0.856. The average molecular weight is 420 g/mol. The monoisotopic (exact) mass is 419 g/mol. The van der Waals surface area contributed by atoms with Gasteiger partial charge in [0.05, 0.1) is 31.4 Å². The molecule has 162 valence electrons. The van der Waals surface area contributed by atoms with Crippen LogP contribution in [0.2, 0.25) is 0 Å². The van der Waals surface area contributed by atoms with Crippen LogP contribution in [0.5, 0.6) is 0 Å². The number of rotatable bonds is 9. The van der Waals surface area contributed by atoms with Crippen molar-refractivity contribution >= 4 is 5.97 Å². The summed E-state index contributed by atoms with van der Waals surface area (Å²) in [5, 5.41) is 11.5. The minimum atomic E-state index is -1.17. The van der Waals surface area contributed by atoms with Crippen LogP contribution in [0, 0.1) is 5.92 Å². The molecule has 29 heavy (non-hydrogen) atoms. The number of hydrogen-bond donors (Lipinski definition) is 0. The summed E-state index contributed by atoms with van der Waals surface area (Å²) in [6, 6.07) is 0.586. The molecule has 3 unspecified atom stereocenters. The van der Waals surface area contributed by atoms with Crippen molar-refractivity contribution in [2.24, 2.45) is 5.92 Å². The Morgan fingerprint density at radius 1 is 1.17 bits per heavy atom. The summed E-state index contributed by atoms with van der Waals surface area (Å²) >= 11 is 0. The van der Waals surface area contributed by atoms with E-state index in [-0.39, 0.29) is 29.6 Å². The maximum Gasteiger partial charge on any atom is 1.00 e. The molecule has 0 amide bonds. The number of ether oxygens (including phenoxy) is 3. The first-order valence-electron chi connectivity index (χ1n) is 11.3. The molecule has 0 aromatic heterocycles. The molecule has 0 N–H and O–H groups in total. The van der Waals surface area contributed by atoms with Crippen molar-refractivity contribution in [3.8, 4) is 0 Å². The second-order valence-corrected chi connectivity index (χ2v) is 8.97. The van der Waals surface area contributed by atoms with E-state index in [4.69, 9.17) is 14.2 Å². The van der Waals surface area contributed by atoms with Gasteiger partial charge in [-0.2, -0.15) is 0 Å². The molecule has 0 spiro atoms. The Morgan fingerprint density at radius 3 is 2.59 bits per heavy atom. The first-order chi connectivity index (χ1) is 13.5. The van der Waals surface area contributed by atoms with Gasteiger partial charge in [-0.3, -0.25) is 4.90 Å². The summed E-state index contributed by atoms with van der Waals surface area (Å²) in [6.45, 7) is 7.53. The largest absolute Gasteiger partial charge is 1.00 e. The van der Waals surface area contributed by atoms with Gasteiger partial charge < -0.3 is 24.1 Å².